The number of amides is 1. The highest BCUT2D eigenvalue weighted by molar-refractivity contribution is 6.01. The van der Waals surface area contributed by atoms with Gasteiger partial charge in [-0.15, -0.1) is 0 Å². The number of esters is 1. The Hall–Kier alpha value is -4.03. The maximum absolute atomic E-state index is 13.8. The van der Waals surface area contributed by atoms with Crippen LogP contribution >= 0.6 is 0 Å². The summed E-state index contributed by atoms with van der Waals surface area (Å²) in [5.41, 5.74) is -2.10. The number of aromatic nitrogens is 2. The SMILES string of the molecule is COC(=O)c1ccc(C(C)NC(=O)c2c(C(F)(F)F)nn3c2N(c2ccc(C(F)(F)F)cc2)CC3)cc1. The van der Waals surface area contributed by atoms with Crippen molar-refractivity contribution in [1.82, 2.24) is 15.1 Å². The topological polar surface area (TPSA) is 76.5 Å². The van der Waals surface area contributed by atoms with E-state index in [2.05, 4.69) is 15.2 Å². The molecule has 1 unspecified atom stereocenters. The quantitative estimate of drug-likeness (QED) is 0.358. The first-order valence-electron chi connectivity index (χ1n) is 10.9. The second kappa shape index (κ2) is 9.45. The molecule has 0 saturated heterocycles. The Bertz CT molecular complexity index is 1310. The number of hydrogen-bond donors (Lipinski definition) is 1. The molecule has 4 rings (SSSR count). The number of benzene rings is 2. The molecule has 1 aromatic heterocycles. The summed E-state index contributed by atoms with van der Waals surface area (Å²) in [6.07, 6.45) is -9.54. The van der Waals surface area contributed by atoms with Crippen molar-refractivity contribution >= 4 is 23.4 Å². The van der Waals surface area contributed by atoms with Crippen molar-refractivity contribution in [3.8, 4) is 0 Å². The zero-order valence-electron chi connectivity index (χ0n) is 19.4. The van der Waals surface area contributed by atoms with Gasteiger partial charge in [0.15, 0.2) is 5.69 Å². The first kappa shape index (κ1) is 26.0. The lowest BCUT2D eigenvalue weighted by atomic mass is 10.1. The third-order valence-electron chi connectivity index (χ3n) is 5.90. The second-order valence-electron chi connectivity index (χ2n) is 8.27. The molecule has 7 nitrogen and oxygen atoms in total. The molecule has 0 aliphatic carbocycles. The van der Waals surface area contributed by atoms with Crippen molar-refractivity contribution in [3.63, 3.8) is 0 Å². The van der Waals surface area contributed by atoms with Crippen LogP contribution in [0.5, 0.6) is 0 Å². The van der Waals surface area contributed by atoms with Gasteiger partial charge in [-0.05, 0) is 48.9 Å². The Morgan fingerprint density at radius 3 is 2.11 bits per heavy atom. The molecule has 13 heteroatoms. The molecule has 0 saturated carbocycles. The summed E-state index contributed by atoms with van der Waals surface area (Å²) in [5, 5.41) is 6.11. The number of ether oxygens (including phenoxy) is 1. The molecule has 0 fully saturated rings. The van der Waals surface area contributed by atoms with Crippen LogP contribution < -0.4 is 10.2 Å². The van der Waals surface area contributed by atoms with Gasteiger partial charge in [-0.2, -0.15) is 31.4 Å². The number of halogens is 6. The average molecular weight is 526 g/mol. The van der Waals surface area contributed by atoms with Crippen molar-refractivity contribution in [3.05, 3.63) is 76.5 Å². The van der Waals surface area contributed by atoms with E-state index in [1.54, 1.807) is 6.92 Å². The largest absolute Gasteiger partial charge is 0.465 e. The number of rotatable bonds is 5. The molecule has 0 radical (unpaired) electrons. The van der Waals surface area contributed by atoms with Crippen LogP contribution in [0.25, 0.3) is 0 Å². The van der Waals surface area contributed by atoms with E-state index in [-0.39, 0.29) is 30.2 Å². The molecule has 3 aromatic rings. The van der Waals surface area contributed by atoms with Gasteiger partial charge in [-0.1, -0.05) is 12.1 Å². The van der Waals surface area contributed by atoms with Gasteiger partial charge in [-0.25, -0.2) is 9.48 Å². The lowest BCUT2D eigenvalue weighted by Gasteiger charge is -2.21. The lowest BCUT2D eigenvalue weighted by Crippen LogP contribution is -2.30. The smallest absolute Gasteiger partial charge is 0.436 e. The summed E-state index contributed by atoms with van der Waals surface area (Å²) >= 11 is 0. The van der Waals surface area contributed by atoms with Crippen LogP contribution in [-0.2, 0) is 23.6 Å². The Morgan fingerprint density at radius 2 is 1.57 bits per heavy atom. The molecular weight excluding hydrogens is 506 g/mol. The van der Waals surface area contributed by atoms with Gasteiger partial charge in [0, 0.05) is 12.2 Å². The van der Waals surface area contributed by atoms with E-state index < -0.39 is 47.1 Å². The maximum atomic E-state index is 13.8. The first-order valence-corrected chi connectivity index (χ1v) is 10.9. The summed E-state index contributed by atoms with van der Waals surface area (Å²) in [4.78, 5) is 26.1. The van der Waals surface area contributed by atoms with Gasteiger partial charge >= 0.3 is 18.3 Å². The van der Waals surface area contributed by atoms with Crippen molar-refractivity contribution in [2.45, 2.75) is 31.9 Å². The van der Waals surface area contributed by atoms with Gasteiger partial charge in [-0.3, -0.25) is 4.79 Å². The van der Waals surface area contributed by atoms with Gasteiger partial charge in [0.25, 0.3) is 5.91 Å². The number of hydrogen-bond acceptors (Lipinski definition) is 5. The highest BCUT2D eigenvalue weighted by atomic mass is 19.4. The van der Waals surface area contributed by atoms with Crippen LogP contribution in [0.4, 0.5) is 37.8 Å². The molecule has 1 atom stereocenters. The molecule has 2 heterocycles. The van der Waals surface area contributed by atoms with Crippen LogP contribution in [0, 0.1) is 0 Å². The first-order chi connectivity index (χ1) is 17.3. The standard InChI is InChI=1S/C24H20F6N4O3/c1-13(14-3-5-15(6-4-14)22(36)37-2)31-20(35)18-19(24(28,29)30)32-34-12-11-33(21(18)34)17-9-7-16(8-10-17)23(25,26)27/h3-10,13H,11-12H2,1-2H3,(H,31,35). The van der Waals surface area contributed by atoms with Crippen LogP contribution in [0.15, 0.2) is 48.5 Å². The van der Waals surface area contributed by atoms with E-state index in [9.17, 15) is 35.9 Å². The molecule has 0 bridgehead atoms. The molecule has 0 spiro atoms. The molecule has 1 N–H and O–H groups in total. The molecule has 1 aliphatic rings. The van der Waals surface area contributed by atoms with E-state index in [0.29, 0.717) is 5.56 Å². The highest BCUT2D eigenvalue weighted by Gasteiger charge is 2.44. The zero-order chi connectivity index (χ0) is 27.1. The van der Waals surface area contributed by atoms with Gasteiger partial charge in [0.1, 0.15) is 11.4 Å². The molecule has 2 aromatic carbocycles. The third kappa shape index (κ3) is 5.11. The fourth-order valence-corrected chi connectivity index (χ4v) is 4.05. The summed E-state index contributed by atoms with van der Waals surface area (Å²) in [7, 11) is 1.22. The summed E-state index contributed by atoms with van der Waals surface area (Å²) in [6, 6.07) is 9.11. The zero-order valence-corrected chi connectivity index (χ0v) is 19.4. The average Bonchev–Trinajstić information content (AvgIpc) is 3.43. The van der Waals surface area contributed by atoms with Gasteiger partial charge in [0.05, 0.1) is 30.8 Å². The summed E-state index contributed by atoms with van der Waals surface area (Å²) in [6.45, 7) is 1.66. The van der Waals surface area contributed by atoms with Crippen LogP contribution in [-0.4, -0.2) is 35.3 Å². The van der Waals surface area contributed by atoms with Crippen LogP contribution in [0.3, 0.4) is 0 Å². The van der Waals surface area contributed by atoms with E-state index in [1.807, 2.05) is 0 Å². The van der Waals surface area contributed by atoms with Crippen LogP contribution in [0.2, 0.25) is 0 Å². The number of carbonyl (C=O) groups is 2. The van der Waals surface area contributed by atoms with E-state index >= 15 is 0 Å². The Kier molecular flexibility index (Phi) is 6.65. The van der Waals surface area contributed by atoms with Crippen molar-refractivity contribution < 1.29 is 40.7 Å². The molecule has 1 amide bonds. The van der Waals surface area contributed by atoms with Gasteiger partial charge < -0.3 is 15.0 Å². The number of nitrogens with one attached hydrogen (secondary N) is 1. The van der Waals surface area contributed by atoms with E-state index in [4.69, 9.17) is 0 Å². The fraction of sp³-hybridized carbons (Fsp3) is 0.292. The van der Waals surface area contributed by atoms with Crippen LogP contribution in [0.1, 0.15) is 50.5 Å². The number of carbonyl (C=O) groups excluding carboxylic acids is 2. The number of nitrogens with zero attached hydrogens (tertiary/aromatic N) is 3. The van der Waals surface area contributed by atoms with E-state index in [0.717, 1.165) is 28.9 Å². The third-order valence-corrected chi connectivity index (χ3v) is 5.90. The van der Waals surface area contributed by atoms with Crippen molar-refractivity contribution in [2.24, 2.45) is 0 Å². The highest BCUT2D eigenvalue weighted by Crippen LogP contribution is 2.41. The normalized spacial score (nSPS) is 14.3. The molecular formula is C24H20F6N4O3. The second-order valence-corrected chi connectivity index (χ2v) is 8.27. The predicted octanol–water partition coefficient (Wildman–Crippen LogP) is 5.35. The lowest BCUT2D eigenvalue weighted by molar-refractivity contribution is -0.142. The maximum Gasteiger partial charge on any atom is 0.436 e. The van der Waals surface area contributed by atoms with Crippen molar-refractivity contribution in [2.75, 3.05) is 18.6 Å². The number of alkyl halides is 6. The minimum atomic E-state index is -4.96. The predicted molar refractivity (Wildman–Crippen MR) is 119 cm³/mol. The summed E-state index contributed by atoms with van der Waals surface area (Å²) < 4.78 is 86.0. The molecule has 1 aliphatic heterocycles. The molecule has 196 valence electrons. The van der Waals surface area contributed by atoms with E-state index in [1.165, 1.54) is 36.3 Å². The number of fused-ring (bicyclic) bond motifs is 1. The molecule has 37 heavy (non-hydrogen) atoms. The number of methoxy groups -OCH3 is 1. The Labute approximate surface area is 206 Å². The number of anilines is 2. The fourth-order valence-electron chi connectivity index (χ4n) is 4.05. The monoisotopic (exact) mass is 526 g/mol. The van der Waals surface area contributed by atoms with Crippen molar-refractivity contribution in [1.29, 1.82) is 0 Å². The van der Waals surface area contributed by atoms with Gasteiger partial charge in [0.2, 0.25) is 0 Å². The Morgan fingerprint density at radius 1 is 0.946 bits per heavy atom. The minimum absolute atomic E-state index is 0.00272. The minimum Gasteiger partial charge on any atom is -0.465 e. The summed E-state index contributed by atoms with van der Waals surface area (Å²) in [5.74, 6) is -1.80. The Balaban J connectivity index is 1.67.